The van der Waals surface area contributed by atoms with Crippen LogP contribution < -0.4 is 14.8 Å². The third-order valence-electron chi connectivity index (χ3n) is 3.81. The maximum atomic E-state index is 12.2. The van der Waals surface area contributed by atoms with E-state index in [9.17, 15) is 18.0 Å². The van der Waals surface area contributed by atoms with Gasteiger partial charge in [-0.05, 0) is 43.3 Å². The number of anilines is 1. The van der Waals surface area contributed by atoms with Crippen LogP contribution in [-0.4, -0.2) is 39.4 Å². The quantitative estimate of drug-likeness (QED) is 0.777. The Bertz CT molecular complexity index is 983. The second-order valence-corrected chi connectivity index (χ2v) is 7.92. The van der Waals surface area contributed by atoms with Crippen molar-refractivity contribution < 1.29 is 32.2 Å². The van der Waals surface area contributed by atoms with Crippen LogP contribution in [-0.2, 0) is 19.4 Å². The van der Waals surface area contributed by atoms with Crippen LogP contribution in [0, 0.1) is 0 Å². The van der Waals surface area contributed by atoms with Crippen molar-refractivity contribution >= 4 is 27.4 Å². The molecular formula is C18H17NO7S. The van der Waals surface area contributed by atoms with Crippen molar-refractivity contribution in [2.75, 3.05) is 18.4 Å². The minimum absolute atomic E-state index is 0.0904. The lowest BCUT2D eigenvalue weighted by Gasteiger charge is -2.14. The van der Waals surface area contributed by atoms with Crippen LogP contribution in [0.25, 0.3) is 0 Å². The SMILES string of the molecule is CC(OC(=O)c1ccc(S(C)(=O)=O)cc1)C(=O)Nc1ccc2c(c1)OCO2. The Morgan fingerprint density at radius 2 is 1.74 bits per heavy atom. The highest BCUT2D eigenvalue weighted by Gasteiger charge is 2.21. The summed E-state index contributed by atoms with van der Waals surface area (Å²) in [5.41, 5.74) is 0.620. The molecule has 0 saturated carbocycles. The minimum Gasteiger partial charge on any atom is -0.454 e. The number of sulfone groups is 1. The zero-order valence-electron chi connectivity index (χ0n) is 14.6. The molecule has 3 rings (SSSR count). The number of fused-ring (bicyclic) bond motifs is 1. The molecule has 142 valence electrons. The van der Waals surface area contributed by atoms with Crippen LogP contribution in [0.4, 0.5) is 5.69 Å². The molecule has 0 fully saturated rings. The predicted octanol–water partition coefficient (Wildman–Crippen LogP) is 2.00. The molecule has 8 nitrogen and oxygen atoms in total. The standard InChI is InChI=1S/C18H17NO7S/c1-11(17(20)19-13-5-8-15-16(9-13)25-10-24-15)26-18(21)12-3-6-14(7-4-12)27(2,22)23/h3-9,11H,10H2,1-2H3,(H,19,20). The summed E-state index contributed by atoms with van der Waals surface area (Å²) in [4.78, 5) is 24.5. The van der Waals surface area contributed by atoms with Crippen LogP contribution in [0.2, 0.25) is 0 Å². The number of ether oxygens (including phenoxy) is 3. The van der Waals surface area contributed by atoms with E-state index in [4.69, 9.17) is 14.2 Å². The fraction of sp³-hybridized carbons (Fsp3) is 0.222. The van der Waals surface area contributed by atoms with Gasteiger partial charge in [-0.25, -0.2) is 13.2 Å². The molecule has 1 atom stereocenters. The smallest absolute Gasteiger partial charge is 0.338 e. The maximum Gasteiger partial charge on any atom is 0.338 e. The Morgan fingerprint density at radius 3 is 2.41 bits per heavy atom. The Hall–Kier alpha value is -3.07. The van der Waals surface area contributed by atoms with E-state index in [1.807, 2.05) is 0 Å². The van der Waals surface area contributed by atoms with Crippen molar-refractivity contribution in [3.8, 4) is 11.5 Å². The first-order chi connectivity index (χ1) is 12.7. The molecule has 0 spiro atoms. The number of carbonyl (C=O) groups excluding carboxylic acids is 2. The summed E-state index contributed by atoms with van der Waals surface area (Å²) in [6, 6.07) is 10.2. The highest BCUT2D eigenvalue weighted by molar-refractivity contribution is 7.90. The number of amides is 1. The van der Waals surface area contributed by atoms with E-state index in [2.05, 4.69) is 5.32 Å². The van der Waals surface area contributed by atoms with Crippen LogP contribution in [0.15, 0.2) is 47.4 Å². The zero-order valence-corrected chi connectivity index (χ0v) is 15.4. The molecule has 1 amide bonds. The summed E-state index contributed by atoms with van der Waals surface area (Å²) in [6.07, 6.45) is 0.0144. The van der Waals surface area contributed by atoms with E-state index in [-0.39, 0.29) is 17.3 Å². The second kappa shape index (κ2) is 7.28. The van der Waals surface area contributed by atoms with Crippen molar-refractivity contribution in [1.82, 2.24) is 0 Å². The first-order valence-corrected chi connectivity index (χ1v) is 9.85. The Balaban J connectivity index is 1.61. The largest absolute Gasteiger partial charge is 0.454 e. The number of hydrogen-bond donors (Lipinski definition) is 1. The maximum absolute atomic E-state index is 12.2. The topological polar surface area (TPSA) is 108 Å². The molecule has 0 aliphatic carbocycles. The van der Waals surface area contributed by atoms with Gasteiger partial charge in [0.2, 0.25) is 6.79 Å². The highest BCUT2D eigenvalue weighted by Crippen LogP contribution is 2.34. The Morgan fingerprint density at radius 1 is 1.07 bits per heavy atom. The number of benzene rings is 2. The second-order valence-electron chi connectivity index (χ2n) is 5.90. The van der Waals surface area contributed by atoms with Gasteiger partial charge in [-0.15, -0.1) is 0 Å². The van der Waals surface area contributed by atoms with E-state index < -0.39 is 27.8 Å². The third kappa shape index (κ3) is 4.37. The molecule has 1 N–H and O–H groups in total. The van der Waals surface area contributed by atoms with Crippen molar-refractivity contribution in [2.24, 2.45) is 0 Å². The molecule has 9 heteroatoms. The molecule has 27 heavy (non-hydrogen) atoms. The normalized spacial score (nSPS) is 13.7. The molecule has 1 unspecified atom stereocenters. The summed E-state index contributed by atoms with van der Waals surface area (Å²) in [5, 5.41) is 2.63. The Kier molecular flexibility index (Phi) is 5.04. The van der Waals surface area contributed by atoms with Gasteiger partial charge >= 0.3 is 5.97 Å². The van der Waals surface area contributed by atoms with E-state index in [0.717, 1.165) is 6.26 Å². The first kappa shape index (κ1) is 18.7. The van der Waals surface area contributed by atoms with Gasteiger partial charge in [-0.1, -0.05) is 0 Å². The molecule has 2 aromatic carbocycles. The highest BCUT2D eigenvalue weighted by atomic mass is 32.2. The van der Waals surface area contributed by atoms with Crippen molar-refractivity contribution in [3.05, 3.63) is 48.0 Å². The van der Waals surface area contributed by atoms with E-state index in [1.165, 1.54) is 31.2 Å². The van der Waals surface area contributed by atoms with Crippen LogP contribution in [0.1, 0.15) is 17.3 Å². The molecule has 1 heterocycles. The number of carbonyl (C=O) groups is 2. The fourth-order valence-corrected chi connectivity index (χ4v) is 2.97. The molecule has 0 aromatic heterocycles. The predicted molar refractivity (Wildman–Crippen MR) is 95.6 cm³/mol. The van der Waals surface area contributed by atoms with Crippen molar-refractivity contribution in [1.29, 1.82) is 0 Å². The van der Waals surface area contributed by atoms with Gasteiger partial charge < -0.3 is 19.5 Å². The number of nitrogens with one attached hydrogen (secondary N) is 1. The zero-order chi connectivity index (χ0) is 19.6. The van der Waals surface area contributed by atoms with E-state index in [1.54, 1.807) is 18.2 Å². The van der Waals surface area contributed by atoms with Gasteiger partial charge in [-0.3, -0.25) is 4.79 Å². The van der Waals surface area contributed by atoms with Crippen LogP contribution in [0.3, 0.4) is 0 Å². The van der Waals surface area contributed by atoms with Gasteiger partial charge in [0.05, 0.1) is 10.5 Å². The average molecular weight is 391 g/mol. The summed E-state index contributed by atoms with van der Waals surface area (Å²) in [5.74, 6) is -0.146. The number of hydrogen-bond acceptors (Lipinski definition) is 7. The van der Waals surface area contributed by atoms with E-state index >= 15 is 0 Å². The molecule has 0 radical (unpaired) electrons. The molecule has 1 aliphatic rings. The van der Waals surface area contributed by atoms with Gasteiger partial charge in [0.15, 0.2) is 27.4 Å². The molecule has 2 aromatic rings. The minimum atomic E-state index is -3.36. The number of esters is 1. The van der Waals surface area contributed by atoms with Crippen molar-refractivity contribution in [3.63, 3.8) is 0 Å². The fourth-order valence-electron chi connectivity index (χ4n) is 2.34. The third-order valence-corrected chi connectivity index (χ3v) is 4.94. The van der Waals surface area contributed by atoms with Crippen LogP contribution in [0.5, 0.6) is 11.5 Å². The van der Waals surface area contributed by atoms with Crippen molar-refractivity contribution in [2.45, 2.75) is 17.9 Å². The molecule has 0 bridgehead atoms. The first-order valence-electron chi connectivity index (χ1n) is 7.95. The lowest BCUT2D eigenvalue weighted by atomic mass is 10.2. The van der Waals surface area contributed by atoms with Gasteiger partial charge in [-0.2, -0.15) is 0 Å². The molecule has 0 saturated heterocycles. The van der Waals surface area contributed by atoms with Gasteiger partial charge in [0.1, 0.15) is 0 Å². The van der Waals surface area contributed by atoms with Gasteiger partial charge in [0, 0.05) is 18.0 Å². The molecular weight excluding hydrogens is 374 g/mol. The van der Waals surface area contributed by atoms with Gasteiger partial charge in [0.25, 0.3) is 5.91 Å². The molecule has 1 aliphatic heterocycles. The average Bonchev–Trinajstić information content (AvgIpc) is 3.08. The lowest BCUT2D eigenvalue weighted by Crippen LogP contribution is -2.30. The summed E-state index contributed by atoms with van der Waals surface area (Å²) >= 11 is 0. The van der Waals surface area contributed by atoms with E-state index in [0.29, 0.717) is 17.2 Å². The monoisotopic (exact) mass is 391 g/mol. The summed E-state index contributed by atoms with van der Waals surface area (Å²) < 4.78 is 38.4. The summed E-state index contributed by atoms with van der Waals surface area (Å²) in [7, 11) is -3.36. The van der Waals surface area contributed by atoms with Crippen LogP contribution >= 0.6 is 0 Å². The number of rotatable bonds is 5. The Labute approximate surface area is 156 Å². The lowest BCUT2D eigenvalue weighted by molar-refractivity contribution is -0.123. The summed E-state index contributed by atoms with van der Waals surface area (Å²) in [6.45, 7) is 1.56.